The van der Waals surface area contributed by atoms with Gasteiger partial charge in [-0.05, 0) is 62.1 Å². The van der Waals surface area contributed by atoms with Crippen LogP contribution in [0.2, 0.25) is 0 Å². The zero-order valence-electron chi connectivity index (χ0n) is 37.7. The molecule has 2 aromatic carbocycles. The molecule has 0 bridgehead atoms. The van der Waals surface area contributed by atoms with Gasteiger partial charge in [-0.3, -0.25) is 29.0 Å². The molecule has 2 saturated heterocycles. The molecule has 12 nitrogen and oxygen atoms in total. The minimum Gasteiger partial charge on any atom is -0.396 e. The van der Waals surface area contributed by atoms with Crippen LogP contribution in [0.1, 0.15) is 59.6 Å². The van der Waals surface area contributed by atoms with E-state index in [4.69, 9.17) is 0 Å². The minimum atomic E-state index is -4.53. The first-order valence-electron chi connectivity index (χ1n) is 22.7. The number of pyridine rings is 2. The van der Waals surface area contributed by atoms with E-state index in [9.17, 15) is 55.7 Å². The van der Waals surface area contributed by atoms with Crippen LogP contribution in [0.3, 0.4) is 0 Å². The molecule has 4 aromatic rings. The summed E-state index contributed by atoms with van der Waals surface area (Å²) in [5.41, 5.74) is 4.29. The standard InChI is InChI=1S/2C25H28F3N3O3/c2*1-2-6-17-9-10-20-21-18(13-31(20)24(17)34)19(14-32)22(23(33)29-15-25(26,27)28)30(21)12-11-16-7-4-3-5-8-16/h2*2-10,18-19,21-22,32H,11-15H2,1H3,(H,29,33)/b6-2+;6-2-/t2*18-,19-,21+,22-/m11/s1. The fourth-order valence-corrected chi connectivity index (χ4v) is 10.8. The van der Waals surface area contributed by atoms with Crippen LogP contribution in [0.5, 0.6) is 0 Å². The van der Waals surface area contributed by atoms with Gasteiger partial charge in [-0.1, -0.05) is 85.0 Å². The van der Waals surface area contributed by atoms with Crippen molar-refractivity contribution in [3.8, 4) is 0 Å². The Balaban J connectivity index is 0.000000201. The molecule has 364 valence electrons. The highest BCUT2D eigenvalue weighted by Crippen LogP contribution is 2.50. The number of aromatic nitrogens is 2. The van der Waals surface area contributed by atoms with Gasteiger partial charge in [-0.15, -0.1) is 0 Å². The molecule has 4 aliphatic heterocycles. The fourth-order valence-electron chi connectivity index (χ4n) is 10.8. The lowest BCUT2D eigenvalue weighted by atomic mass is 9.88. The molecule has 4 N–H and O–H groups in total. The number of alkyl halides is 6. The quantitative estimate of drug-likeness (QED) is 0.121. The van der Waals surface area contributed by atoms with Gasteiger partial charge in [0.05, 0.1) is 24.2 Å². The number of fused-ring (bicyclic) bond motifs is 6. The summed E-state index contributed by atoms with van der Waals surface area (Å²) in [7, 11) is 0. The first-order chi connectivity index (χ1) is 32.5. The summed E-state index contributed by atoms with van der Waals surface area (Å²) in [6.45, 7) is 1.48. The van der Waals surface area contributed by atoms with Gasteiger partial charge in [0.1, 0.15) is 13.1 Å². The van der Waals surface area contributed by atoms with Gasteiger partial charge in [0.15, 0.2) is 0 Å². The second-order valence-corrected chi connectivity index (χ2v) is 17.7. The number of halogens is 6. The smallest absolute Gasteiger partial charge is 0.396 e. The number of hydrogen-bond donors (Lipinski definition) is 4. The van der Waals surface area contributed by atoms with Gasteiger partial charge in [0.2, 0.25) is 11.8 Å². The van der Waals surface area contributed by atoms with Crippen molar-refractivity contribution < 1.29 is 46.1 Å². The first-order valence-corrected chi connectivity index (χ1v) is 22.7. The molecule has 8 atom stereocenters. The Kier molecular flexibility index (Phi) is 15.6. The molecule has 4 aliphatic rings. The summed E-state index contributed by atoms with van der Waals surface area (Å²) in [6.07, 6.45) is -0.889. The van der Waals surface area contributed by atoms with Crippen LogP contribution in [0, 0.1) is 23.7 Å². The summed E-state index contributed by atoms with van der Waals surface area (Å²) in [6, 6.07) is 23.8. The number of amides is 2. The van der Waals surface area contributed by atoms with Crippen molar-refractivity contribution in [2.75, 3.05) is 39.4 Å². The molecule has 0 unspecified atom stereocenters. The number of hydrogen-bond acceptors (Lipinski definition) is 8. The van der Waals surface area contributed by atoms with Gasteiger partial charge >= 0.3 is 12.4 Å². The molecule has 18 heteroatoms. The highest BCUT2D eigenvalue weighted by Gasteiger charge is 2.57. The van der Waals surface area contributed by atoms with Gasteiger partial charge < -0.3 is 30.0 Å². The van der Waals surface area contributed by atoms with Gasteiger partial charge in [0, 0.05) is 85.6 Å². The van der Waals surface area contributed by atoms with E-state index >= 15 is 0 Å². The molecule has 2 fully saturated rings. The number of likely N-dealkylation sites (tertiary alicyclic amines) is 2. The molecule has 68 heavy (non-hydrogen) atoms. The van der Waals surface area contributed by atoms with Crippen molar-refractivity contribution in [2.24, 2.45) is 23.7 Å². The van der Waals surface area contributed by atoms with E-state index in [1.54, 1.807) is 45.6 Å². The Morgan fingerprint density at radius 1 is 0.603 bits per heavy atom. The predicted octanol–water partition coefficient (Wildman–Crippen LogP) is 5.53. The van der Waals surface area contributed by atoms with E-state index in [0.717, 1.165) is 22.5 Å². The highest BCUT2D eigenvalue weighted by atomic mass is 19.4. The van der Waals surface area contributed by atoms with E-state index < -0.39 is 61.2 Å². The van der Waals surface area contributed by atoms with E-state index in [-0.39, 0.29) is 48.3 Å². The summed E-state index contributed by atoms with van der Waals surface area (Å²) in [5, 5.41) is 24.5. The molecular formula is C50H56F6N6O6. The Morgan fingerprint density at radius 3 is 1.29 bits per heavy atom. The second-order valence-electron chi connectivity index (χ2n) is 17.7. The van der Waals surface area contributed by atoms with Crippen LogP contribution in [0.25, 0.3) is 12.2 Å². The van der Waals surface area contributed by atoms with Crippen molar-refractivity contribution in [1.82, 2.24) is 29.6 Å². The van der Waals surface area contributed by atoms with Crippen molar-refractivity contribution >= 4 is 24.0 Å². The van der Waals surface area contributed by atoms with Gasteiger partial charge in [0.25, 0.3) is 11.1 Å². The number of carbonyl (C=O) groups is 2. The monoisotopic (exact) mass is 950 g/mol. The highest BCUT2D eigenvalue weighted by molar-refractivity contribution is 5.83. The third-order valence-corrected chi connectivity index (χ3v) is 13.6. The number of rotatable bonds is 14. The van der Waals surface area contributed by atoms with Crippen LogP contribution in [-0.2, 0) is 35.5 Å². The Morgan fingerprint density at radius 2 is 0.971 bits per heavy atom. The SMILES string of the molecule is C/C=C/c1ccc2n(c1=O)C[C@@H]1[C@@H](CO)[C@H](C(=O)NCC(F)(F)F)N(CCc3ccccc3)[C@H]21.C/C=C\c1ccc2n(c1=O)C[C@@H]1[C@@H](CO)[C@H](C(=O)NCC(F)(F)F)N(CCc3ccccc3)[C@H]21. The molecule has 0 aliphatic carbocycles. The largest absolute Gasteiger partial charge is 0.405 e. The lowest BCUT2D eigenvalue weighted by Crippen LogP contribution is -2.50. The number of benzene rings is 2. The number of aliphatic hydroxyl groups is 2. The number of allylic oxidation sites excluding steroid dienone is 2. The summed E-state index contributed by atoms with van der Waals surface area (Å²) in [5.74, 6) is -3.24. The maximum Gasteiger partial charge on any atom is 0.405 e. The molecule has 0 spiro atoms. The third-order valence-electron chi connectivity index (χ3n) is 13.6. The van der Waals surface area contributed by atoms with Gasteiger partial charge in [-0.25, -0.2) is 0 Å². The zero-order chi connectivity index (χ0) is 48.9. The van der Waals surface area contributed by atoms with Crippen molar-refractivity contribution in [1.29, 1.82) is 0 Å². The third kappa shape index (κ3) is 10.7. The van der Waals surface area contributed by atoms with Crippen molar-refractivity contribution in [3.63, 3.8) is 0 Å². The van der Waals surface area contributed by atoms with Crippen molar-refractivity contribution in [2.45, 2.75) is 76.3 Å². The molecule has 8 rings (SSSR count). The zero-order valence-corrected chi connectivity index (χ0v) is 37.7. The molecular weight excluding hydrogens is 895 g/mol. The molecule has 2 aromatic heterocycles. The van der Waals surface area contributed by atoms with E-state index in [1.807, 2.05) is 107 Å². The van der Waals surface area contributed by atoms with E-state index in [2.05, 4.69) is 0 Å². The van der Waals surface area contributed by atoms with Crippen LogP contribution < -0.4 is 21.8 Å². The summed E-state index contributed by atoms with van der Waals surface area (Å²) >= 11 is 0. The number of nitrogens with zero attached hydrogens (tertiary/aromatic N) is 4. The first kappa shape index (κ1) is 50.1. The number of nitrogens with one attached hydrogen (secondary N) is 2. The Bertz CT molecular complexity index is 2400. The molecule has 2 amide bonds. The Labute approximate surface area is 389 Å². The lowest BCUT2D eigenvalue weighted by molar-refractivity contribution is -0.142. The Hall–Kier alpha value is -5.82. The maximum atomic E-state index is 13.0. The van der Waals surface area contributed by atoms with Crippen molar-refractivity contribution in [3.05, 3.63) is 151 Å². The number of aliphatic hydroxyl groups excluding tert-OH is 2. The molecule has 0 radical (unpaired) electrons. The minimum absolute atomic E-state index is 0.150. The van der Waals surface area contributed by atoms with Crippen LogP contribution in [-0.4, -0.2) is 105 Å². The van der Waals surface area contributed by atoms with E-state index in [0.29, 0.717) is 50.1 Å². The van der Waals surface area contributed by atoms with Crippen LogP contribution in [0.4, 0.5) is 26.3 Å². The average molecular weight is 951 g/mol. The predicted molar refractivity (Wildman–Crippen MR) is 244 cm³/mol. The fraction of sp³-hybridized carbons (Fsp3) is 0.440. The van der Waals surface area contributed by atoms with Crippen LogP contribution >= 0.6 is 0 Å². The summed E-state index contributed by atoms with van der Waals surface area (Å²) < 4.78 is 80.1. The summed E-state index contributed by atoms with van der Waals surface area (Å²) in [4.78, 5) is 55.8. The maximum absolute atomic E-state index is 13.0. The van der Waals surface area contributed by atoms with Crippen LogP contribution in [0.15, 0.2) is 107 Å². The normalized spacial score (nSPS) is 24.4. The van der Waals surface area contributed by atoms with Gasteiger partial charge in [-0.2, -0.15) is 26.3 Å². The molecule has 0 saturated carbocycles. The topological polar surface area (TPSA) is 149 Å². The van der Waals surface area contributed by atoms with E-state index in [1.165, 1.54) is 0 Å². The average Bonchev–Trinajstić information content (AvgIpc) is 4.05. The lowest BCUT2D eigenvalue weighted by Gasteiger charge is -2.31. The number of carbonyl (C=O) groups excluding carboxylic acids is 2. The molecule has 6 heterocycles. The second kappa shape index (κ2) is 21.2.